The first kappa shape index (κ1) is 16.6. The largest absolute Gasteiger partial charge is 0.310 e. The molecule has 0 unspecified atom stereocenters. The lowest BCUT2D eigenvalue weighted by Crippen LogP contribution is -2.27. The second kappa shape index (κ2) is 7.01. The zero-order chi connectivity index (χ0) is 15.5. The molecular formula is C12H17BrN4O2S2. The Morgan fingerprint density at radius 3 is 2.81 bits per heavy atom. The van der Waals surface area contributed by atoms with E-state index in [1.807, 2.05) is 25.3 Å². The van der Waals surface area contributed by atoms with Crippen molar-refractivity contribution in [1.29, 1.82) is 0 Å². The Morgan fingerprint density at radius 2 is 2.19 bits per heavy atom. The molecule has 6 nitrogen and oxygen atoms in total. The number of aromatic amines is 1. The van der Waals surface area contributed by atoms with Crippen LogP contribution in [0.5, 0.6) is 0 Å². The number of thiophene rings is 1. The van der Waals surface area contributed by atoms with Crippen LogP contribution in [0.15, 0.2) is 27.1 Å². The fourth-order valence-electron chi connectivity index (χ4n) is 1.66. The average molecular weight is 393 g/mol. The highest BCUT2D eigenvalue weighted by Gasteiger charge is 2.21. The number of rotatable bonds is 7. The Hall–Kier alpha value is -0.740. The summed E-state index contributed by atoms with van der Waals surface area (Å²) in [6, 6.07) is 2.16. The highest BCUT2D eigenvalue weighted by molar-refractivity contribution is 9.10. The van der Waals surface area contributed by atoms with Gasteiger partial charge in [-0.2, -0.15) is 5.10 Å². The molecule has 0 aliphatic heterocycles. The van der Waals surface area contributed by atoms with Crippen molar-refractivity contribution in [3.05, 3.63) is 32.6 Å². The van der Waals surface area contributed by atoms with E-state index in [1.54, 1.807) is 0 Å². The summed E-state index contributed by atoms with van der Waals surface area (Å²) in [4.78, 5) is 0.931. The average Bonchev–Trinajstić information content (AvgIpc) is 3.03. The molecule has 2 aromatic heterocycles. The summed E-state index contributed by atoms with van der Waals surface area (Å²) in [6.45, 7) is 4.70. The predicted molar refractivity (Wildman–Crippen MR) is 86.6 cm³/mol. The number of hydrogen-bond donors (Lipinski definition) is 3. The van der Waals surface area contributed by atoms with Crippen LogP contribution in [-0.4, -0.2) is 24.7 Å². The third kappa shape index (κ3) is 4.36. The van der Waals surface area contributed by atoms with Crippen molar-refractivity contribution in [3.63, 3.8) is 0 Å². The van der Waals surface area contributed by atoms with Gasteiger partial charge in [-0.15, -0.1) is 11.3 Å². The molecule has 21 heavy (non-hydrogen) atoms. The molecule has 2 heterocycles. The smallest absolute Gasteiger partial charge is 0.258 e. The fraction of sp³-hybridized carbons (Fsp3) is 0.417. The first-order chi connectivity index (χ1) is 9.90. The Labute approximate surface area is 136 Å². The SMILES string of the molecule is CC(C)NCc1cn[nH]c1S(=O)(=O)NCc1sccc1Br. The van der Waals surface area contributed by atoms with E-state index in [0.29, 0.717) is 12.1 Å². The predicted octanol–water partition coefficient (Wildman–Crippen LogP) is 2.21. The van der Waals surface area contributed by atoms with Crippen LogP contribution in [0.3, 0.4) is 0 Å². The lowest BCUT2D eigenvalue weighted by molar-refractivity contribution is 0.564. The Bertz CT molecular complexity index is 694. The van der Waals surface area contributed by atoms with E-state index in [0.717, 1.165) is 9.35 Å². The molecular weight excluding hydrogens is 376 g/mol. The summed E-state index contributed by atoms with van der Waals surface area (Å²) in [7, 11) is -3.61. The van der Waals surface area contributed by atoms with E-state index in [1.165, 1.54) is 17.5 Å². The van der Waals surface area contributed by atoms with Crippen LogP contribution in [0.2, 0.25) is 0 Å². The van der Waals surface area contributed by atoms with E-state index < -0.39 is 10.0 Å². The van der Waals surface area contributed by atoms with Gasteiger partial charge in [0.1, 0.15) is 0 Å². The standard InChI is InChI=1S/C12H17BrN4O2S2/c1-8(2)14-5-9-6-15-17-12(9)21(18,19)16-7-11-10(13)3-4-20-11/h3-4,6,8,14,16H,5,7H2,1-2H3,(H,15,17). The molecule has 0 atom stereocenters. The second-order valence-electron chi connectivity index (χ2n) is 4.78. The number of nitrogens with zero attached hydrogens (tertiary/aromatic N) is 1. The summed E-state index contributed by atoms with van der Waals surface area (Å²) >= 11 is 4.88. The quantitative estimate of drug-likeness (QED) is 0.673. The van der Waals surface area contributed by atoms with Crippen molar-refractivity contribution < 1.29 is 8.42 Å². The normalized spacial score (nSPS) is 12.2. The van der Waals surface area contributed by atoms with Crippen LogP contribution in [0.25, 0.3) is 0 Å². The summed E-state index contributed by atoms with van der Waals surface area (Å²) in [5.74, 6) is 0. The highest BCUT2D eigenvalue weighted by Crippen LogP contribution is 2.23. The number of hydrogen-bond acceptors (Lipinski definition) is 5. The van der Waals surface area contributed by atoms with Gasteiger partial charge in [-0.05, 0) is 27.4 Å². The van der Waals surface area contributed by atoms with E-state index in [9.17, 15) is 8.42 Å². The fourth-order valence-corrected chi connectivity index (χ4v) is 4.30. The monoisotopic (exact) mass is 392 g/mol. The summed E-state index contributed by atoms with van der Waals surface area (Å²) in [6.07, 6.45) is 1.53. The van der Waals surface area contributed by atoms with E-state index in [-0.39, 0.29) is 17.6 Å². The Balaban J connectivity index is 2.09. The minimum absolute atomic E-state index is 0.114. The maximum Gasteiger partial charge on any atom is 0.258 e. The molecule has 2 aromatic rings. The van der Waals surface area contributed by atoms with Gasteiger partial charge in [-0.3, -0.25) is 5.10 Å². The van der Waals surface area contributed by atoms with Gasteiger partial charge in [0, 0.05) is 34.0 Å². The Kier molecular flexibility index (Phi) is 5.55. The van der Waals surface area contributed by atoms with E-state index >= 15 is 0 Å². The van der Waals surface area contributed by atoms with Crippen LogP contribution in [-0.2, 0) is 23.1 Å². The van der Waals surface area contributed by atoms with Gasteiger partial charge in [0.25, 0.3) is 10.0 Å². The van der Waals surface area contributed by atoms with Gasteiger partial charge in [0.05, 0.1) is 6.20 Å². The molecule has 0 saturated carbocycles. The van der Waals surface area contributed by atoms with Crippen molar-refractivity contribution in [1.82, 2.24) is 20.2 Å². The summed E-state index contributed by atoms with van der Waals surface area (Å²) < 4.78 is 28.2. The second-order valence-corrected chi connectivity index (χ2v) is 8.34. The molecule has 0 aliphatic carbocycles. The lowest BCUT2D eigenvalue weighted by Gasteiger charge is -2.09. The van der Waals surface area contributed by atoms with Crippen LogP contribution >= 0.6 is 27.3 Å². The lowest BCUT2D eigenvalue weighted by atomic mass is 10.3. The molecule has 0 aromatic carbocycles. The molecule has 0 bridgehead atoms. The van der Waals surface area contributed by atoms with Crippen LogP contribution in [0.4, 0.5) is 0 Å². The zero-order valence-electron chi connectivity index (χ0n) is 11.7. The highest BCUT2D eigenvalue weighted by atomic mass is 79.9. The van der Waals surface area contributed by atoms with Gasteiger partial charge < -0.3 is 5.32 Å². The minimum atomic E-state index is -3.61. The molecule has 2 rings (SSSR count). The first-order valence-electron chi connectivity index (χ1n) is 6.37. The molecule has 0 amide bonds. The van der Waals surface area contributed by atoms with Crippen LogP contribution < -0.4 is 10.0 Å². The van der Waals surface area contributed by atoms with Gasteiger partial charge in [-0.1, -0.05) is 13.8 Å². The summed E-state index contributed by atoms with van der Waals surface area (Å²) in [5, 5.41) is 11.6. The molecule has 0 fully saturated rings. The van der Waals surface area contributed by atoms with Crippen molar-refractivity contribution in [3.8, 4) is 0 Å². The maximum atomic E-state index is 12.3. The zero-order valence-corrected chi connectivity index (χ0v) is 14.9. The molecule has 0 radical (unpaired) electrons. The Morgan fingerprint density at radius 1 is 1.43 bits per heavy atom. The third-order valence-electron chi connectivity index (χ3n) is 2.76. The third-order valence-corrected chi connectivity index (χ3v) is 6.10. The number of H-pyrrole nitrogens is 1. The van der Waals surface area contributed by atoms with Gasteiger partial charge in [0.2, 0.25) is 0 Å². The first-order valence-corrected chi connectivity index (χ1v) is 9.53. The van der Waals surface area contributed by atoms with Crippen molar-refractivity contribution in [2.75, 3.05) is 0 Å². The van der Waals surface area contributed by atoms with Gasteiger partial charge in [-0.25, -0.2) is 13.1 Å². The summed E-state index contributed by atoms with van der Waals surface area (Å²) in [5.41, 5.74) is 0.626. The van der Waals surface area contributed by atoms with E-state index in [2.05, 4.69) is 36.2 Å². The van der Waals surface area contributed by atoms with E-state index in [4.69, 9.17) is 0 Å². The molecule has 0 spiro atoms. The molecule has 9 heteroatoms. The maximum absolute atomic E-state index is 12.3. The molecule has 3 N–H and O–H groups in total. The molecule has 116 valence electrons. The molecule has 0 saturated heterocycles. The van der Waals surface area contributed by atoms with Crippen molar-refractivity contribution in [2.45, 2.75) is 38.0 Å². The van der Waals surface area contributed by atoms with Gasteiger partial charge in [0.15, 0.2) is 5.03 Å². The van der Waals surface area contributed by atoms with Crippen LogP contribution in [0, 0.1) is 0 Å². The number of halogens is 1. The molecule has 0 aliphatic rings. The van der Waals surface area contributed by atoms with Gasteiger partial charge >= 0.3 is 0 Å². The van der Waals surface area contributed by atoms with Crippen molar-refractivity contribution >= 4 is 37.3 Å². The number of aromatic nitrogens is 2. The minimum Gasteiger partial charge on any atom is -0.310 e. The topological polar surface area (TPSA) is 86.9 Å². The van der Waals surface area contributed by atoms with Crippen molar-refractivity contribution in [2.24, 2.45) is 0 Å². The number of sulfonamides is 1. The van der Waals surface area contributed by atoms with Crippen LogP contribution in [0.1, 0.15) is 24.3 Å². The number of nitrogens with one attached hydrogen (secondary N) is 3.